The zero-order valence-corrected chi connectivity index (χ0v) is 14.7. The second-order valence-corrected chi connectivity index (χ2v) is 8.13. The Bertz CT molecular complexity index is 1160. The summed E-state index contributed by atoms with van der Waals surface area (Å²) in [6, 6.07) is 9.81. The highest BCUT2D eigenvalue weighted by molar-refractivity contribution is 7.19. The number of benzene rings is 1. The van der Waals surface area contributed by atoms with Crippen molar-refractivity contribution in [2.45, 2.75) is 24.4 Å². The van der Waals surface area contributed by atoms with E-state index in [1.54, 1.807) is 10.9 Å². The van der Waals surface area contributed by atoms with E-state index in [9.17, 15) is 13.9 Å². The number of halogens is 2. The predicted octanol–water partition coefficient (Wildman–Crippen LogP) is 4.47. The molecule has 1 aromatic carbocycles. The fourth-order valence-corrected chi connectivity index (χ4v) is 4.80. The van der Waals surface area contributed by atoms with Gasteiger partial charge in [0.25, 0.3) is 5.92 Å². The average molecular weight is 371 g/mol. The maximum atomic E-state index is 13.2. The number of aryl methyl sites for hydroxylation is 1. The summed E-state index contributed by atoms with van der Waals surface area (Å²) in [7, 11) is 1.86. The van der Waals surface area contributed by atoms with E-state index >= 15 is 0 Å². The van der Waals surface area contributed by atoms with Crippen molar-refractivity contribution in [3.05, 3.63) is 47.6 Å². The number of hydrogen-bond donors (Lipinski definition) is 1. The Kier molecular flexibility index (Phi) is 3.10. The first kappa shape index (κ1) is 15.8. The molecule has 0 saturated heterocycles. The summed E-state index contributed by atoms with van der Waals surface area (Å²) in [6.45, 7) is 0. The van der Waals surface area contributed by atoms with Gasteiger partial charge in [-0.1, -0.05) is 12.1 Å². The Morgan fingerprint density at radius 2 is 1.92 bits per heavy atom. The molecule has 0 spiro atoms. The highest BCUT2D eigenvalue weighted by Crippen LogP contribution is 2.53. The van der Waals surface area contributed by atoms with Crippen molar-refractivity contribution in [2.75, 3.05) is 0 Å². The monoisotopic (exact) mass is 371 g/mol. The maximum Gasteiger partial charge on any atom is 0.254 e. The van der Waals surface area contributed by atoms with Crippen LogP contribution in [0.5, 0.6) is 0 Å². The number of rotatable bonds is 2. The molecule has 7 heteroatoms. The van der Waals surface area contributed by atoms with Crippen LogP contribution in [-0.2, 0) is 12.6 Å². The normalized spacial score (nSPS) is 18.3. The molecule has 0 amide bonds. The fourth-order valence-electron chi connectivity index (χ4n) is 3.61. The molecule has 4 nitrogen and oxygen atoms in total. The van der Waals surface area contributed by atoms with Crippen LogP contribution in [0.1, 0.15) is 17.7 Å². The minimum atomic E-state index is -2.76. The van der Waals surface area contributed by atoms with Gasteiger partial charge in [0.1, 0.15) is 5.60 Å². The van der Waals surface area contributed by atoms with Gasteiger partial charge in [-0.2, -0.15) is 5.10 Å². The van der Waals surface area contributed by atoms with E-state index in [1.165, 1.54) is 11.3 Å². The third-order valence-corrected chi connectivity index (χ3v) is 6.18. The van der Waals surface area contributed by atoms with Gasteiger partial charge in [-0.25, -0.2) is 13.8 Å². The SMILES string of the molecule is Cn1cc2cc(-c3ccc4cc(C5(O)CC(F)(F)C5)sc4c3)cnc2n1. The second-order valence-electron chi connectivity index (χ2n) is 7.04. The average Bonchev–Trinajstić information content (AvgIpc) is 3.13. The Morgan fingerprint density at radius 1 is 1.12 bits per heavy atom. The van der Waals surface area contributed by atoms with E-state index in [0.717, 1.165) is 26.6 Å². The molecular formula is C19H15F2N3OS. The Labute approximate surface area is 151 Å². The Hall–Kier alpha value is -2.38. The Morgan fingerprint density at radius 3 is 2.69 bits per heavy atom. The fraction of sp³-hybridized carbons (Fsp3) is 0.263. The minimum Gasteiger partial charge on any atom is -0.384 e. The van der Waals surface area contributed by atoms with Gasteiger partial charge in [0, 0.05) is 52.8 Å². The summed E-state index contributed by atoms with van der Waals surface area (Å²) in [5.41, 5.74) is 1.26. The van der Waals surface area contributed by atoms with Gasteiger partial charge in [0.2, 0.25) is 0 Å². The standard InChI is InChI=1S/C19H15F2N3OS/c1-24-8-14-4-13(7-22-17(14)23-24)11-2-3-12-6-16(26-15(12)5-11)18(25)9-19(20,21)10-18/h2-8,25H,9-10H2,1H3. The molecule has 3 heterocycles. The van der Waals surface area contributed by atoms with Crippen LogP contribution in [0.4, 0.5) is 8.78 Å². The molecule has 0 aliphatic heterocycles. The quantitative estimate of drug-likeness (QED) is 0.566. The lowest BCUT2D eigenvalue weighted by Crippen LogP contribution is -2.48. The van der Waals surface area contributed by atoms with Crippen LogP contribution in [0, 0.1) is 0 Å². The van der Waals surface area contributed by atoms with E-state index in [-0.39, 0.29) is 0 Å². The maximum absolute atomic E-state index is 13.2. The molecule has 4 aromatic rings. The van der Waals surface area contributed by atoms with Crippen molar-refractivity contribution in [1.29, 1.82) is 0 Å². The lowest BCUT2D eigenvalue weighted by Gasteiger charge is -2.42. The number of nitrogens with zero attached hydrogens (tertiary/aromatic N) is 3. The third kappa shape index (κ3) is 2.42. The minimum absolute atomic E-state index is 0.499. The van der Waals surface area contributed by atoms with Crippen LogP contribution in [0.25, 0.3) is 32.2 Å². The van der Waals surface area contributed by atoms with E-state index in [0.29, 0.717) is 10.5 Å². The predicted molar refractivity (Wildman–Crippen MR) is 97.4 cm³/mol. The smallest absolute Gasteiger partial charge is 0.254 e. The number of aromatic nitrogens is 3. The van der Waals surface area contributed by atoms with Crippen LogP contribution in [-0.4, -0.2) is 25.8 Å². The van der Waals surface area contributed by atoms with Crippen molar-refractivity contribution in [1.82, 2.24) is 14.8 Å². The Balaban J connectivity index is 1.55. The van der Waals surface area contributed by atoms with E-state index in [4.69, 9.17) is 0 Å². The second kappa shape index (κ2) is 5.08. The first-order valence-corrected chi connectivity index (χ1v) is 9.07. The van der Waals surface area contributed by atoms with Gasteiger partial charge in [-0.05, 0) is 29.1 Å². The molecule has 1 aliphatic rings. The van der Waals surface area contributed by atoms with Gasteiger partial charge >= 0.3 is 0 Å². The van der Waals surface area contributed by atoms with Crippen LogP contribution in [0.2, 0.25) is 0 Å². The number of fused-ring (bicyclic) bond motifs is 2. The lowest BCUT2D eigenvalue weighted by atomic mass is 9.75. The highest BCUT2D eigenvalue weighted by atomic mass is 32.1. The molecule has 1 N–H and O–H groups in total. The molecule has 3 aromatic heterocycles. The van der Waals surface area contributed by atoms with Gasteiger partial charge in [0.05, 0.1) is 0 Å². The van der Waals surface area contributed by atoms with Crippen LogP contribution >= 0.6 is 11.3 Å². The molecule has 1 aliphatic carbocycles. The zero-order valence-electron chi connectivity index (χ0n) is 13.9. The molecule has 1 fully saturated rings. The van der Waals surface area contributed by atoms with E-state index in [2.05, 4.69) is 10.1 Å². The number of aliphatic hydroxyl groups is 1. The number of thiophene rings is 1. The van der Waals surface area contributed by atoms with Gasteiger partial charge in [-0.3, -0.25) is 4.68 Å². The van der Waals surface area contributed by atoms with Crippen molar-refractivity contribution < 1.29 is 13.9 Å². The van der Waals surface area contributed by atoms with Gasteiger partial charge in [0.15, 0.2) is 5.65 Å². The number of hydrogen-bond acceptors (Lipinski definition) is 4. The summed E-state index contributed by atoms with van der Waals surface area (Å²) in [4.78, 5) is 5.00. The molecule has 0 radical (unpaired) electrons. The lowest BCUT2D eigenvalue weighted by molar-refractivity contribution is -0.208. The largest absolute Gasteiger partial charge is 0.384 e. The summed E-state index contributed by atoms with van der Waals surface area (Å²) in [6.07, 6.45) is 2.70. The number of alkyl halides is 2. The van der Waals surface area contributed by atoms with Gasteiger partial charge < -0.3 is 5.11 Å². The first-order valence-electron chi connectivity index (χ1n) is 8.25. The summed E-state index contributed by atoms with van der Waals surface area (Å²) in [5.74, 6) is -2.76. The molecule has 26 heavy (non-hydrogen) atoms. The zero-order chi connectivity index (χ0) is 18.1. The molecule has 0 unspecified atom stereocenters. The van der Waals surface area contributed by atoms with Crippen LogP contribution in [0.3, 0.4) is 0 Å². The van der Waals surface area contributed by atoms with Crippen LogP contribution in [0.15, 0.2) is 42.7 Å². The topological polar surface area (TPSA) is 50.9 Å². The van der Waals surface area contributed by atoms with Crippen molar-refractivity contribution in [3.8, 4) is 11.1 Å². The van der Waals surface area contributed by atoms with Crippen molar-refractivity contribution in [2.24, 2.45) is 7.05 Å². The molecule has 1 saturated carbocycles. The van der Waals surface area contributed by atoms with Crippen LogP contribution < -0.4 is 0 Å². The summed E-state index contributed by atoms with van der Waals surface area (Å²) in [5, 5.41) is 16.6. The van der Waals surface area contributed by atoms with E-state index < -0.39 is 24.4 Å². The molecule has 132 valence electrons. The number of pyridine rings is 1. The van der Waals surface area contributed by atoms with Crippen molar-refractivity contribution >= 4 is 32.5 Å². The molecular weight excluding hydrogens is 356 g/mol. The molecule has 0 atom stereocenters. The van der Waals surface area contributed by atoms with E-state index in [1.807, 2.05) is 43.6 Å². The first-order chi connectivity index (χ1) is 12.3. The van der Waals surface area contributed by atoms with Gasteiger partial charge in [-0.15, -0.1) is 11.3 Å². The molecule has 5 rings (SSSR count). The highest BCUT2D eigenvalue weighted by Gasteiger charge is 2.57. The molecule has 0 bridgehead atoms. The van der Waals surface area contributed by atoms with Crippen molar-refractivity contribution in [3.63, 3.8) is 0 Å². The summed E-state index contributed by atoms with van der Waals surface area (Å²) < 4.78 is 29.1. The third-order valence-electron chi connectivity index (χ3n) is 4.89. The summed E-state index contributed by atoms with van der Waals surface area (Å²) >= 11 is 1.38.